The van der Waals surface area contributed by atoms with E-state index in [-0.39, 0.29) is 11.3 Å². The van der Waals surface area contributed by atoms with Crippen molar-refractivity contribution in [1.29, 1.82) is 0 Å². The average molecular weight is 139 g/mol. The molecule has 0 bridgehead atoms. The second kappa shape index (κ2) is 1.71. The topological polar surface area (TPSA) is 53.5 Å². The van der Waals surface area contributed by atoms with Crippen LogP contribution < -0.4 is 10.6 Å². The van der Waals surface area contributed by atoms with Crippen LogP contribution in [0.3, 0.4) is 0 Å². The third-order valence-electron chi connectivity index (χ3n) is 2.09. The number of hydrogen-bond donors (Lipinski definition) is 2. The lowest BCUT2D eigenvalue weighted by molar-refractivity contribution is -0.138. The Kier molecular flexibility index (Phi) is 0.977. The number of nitrogens with zero attached hydrogens (tertiary/aromatic N) is 1. The molecule has 0 aromatic heterocycles. The van der Waals surface area contributed by atoms with Gasteiger partial charge in [0.25, 0.3) is 0 Å². The van der Waals surface area contributed by atoms with E-state index >= 15 is 0 Å². The third kappa shape index (κ3) is 0.558. The Labute approximate surface area is 58.7 Å². The van der Waals surface area contributed by atoms with E-state index < -0.39 is 0 Å². The van der Waals surface area contributed by atoms with Gasteiger partial charge in [-0.15, -0.1) is 0 Å². The number of carbonyl (C=O) groups excluding carboxylic acids is 1. The monoisotopic (exact) mass is 139 g/mol. The van der Waals surface area contributed by atoms with Crippen molar-refractivity contribution in [3.05, 3.63) is 0 Å². The number of β-lactam (4-membered cyclic amide) rings is 1. The molecule has 0 saturated carbocycles. The number of nitrogens with one attached hydrogen (secondary N) is 2. The molecule has 2 heterocycles. The number of rotatable bonds is 0. The molecule has 10 heavy (non-hydrogen) atoms. The molecule has 0 aliphatic carbocycles. The summed E-state index contributed by atoms with van der Waals surface area (Å²) in [5, 5.41) is 5.67. The van der Waals surface area contributed by atoms with E-state index in [0.717, 1.165) is 13.1 Å². The maximum Gasteiger partial charge on any atom is 0.231 e. The van der Waals surface area contributed by atoms with E-state index in [1.54, 1.807) is 6.34 Å². The predicted molar refractivity (Wildman–Crippen MR) is 36.8 cm³/mol. The quantitative estimate of drug-likeness (QED) is 0.411. The highest BCUT2D eigenvalue weighted by Crippen LogP contribution is 2.24. The van der Waals surface area contributed by atoms with Gasteiger partial charge in [-0.05, 0) is 0 Å². The minimum absolute atomic E-state index is 0.136. The zero-order valence-corrected chi connectivity index (χ0v) is 5.55. The molecule has 1 unspecified atom stereocenters. The van der Waals surface area contributed by atoms with Crippen molar-refractivity contribution in [1.82, 2.24) is 10.6 Å². The molecule has 1 atom stereocenters. The normalized spacial score (nSPS) is 36.6. The van der Waals surface area contributed by atoms with Crippen LogP contribution in [-0.4, -0.2) is 31.9 Å². The number of amides is 1. The summed E-state index contributed by atoms with van der Waals surface area (Å²) >= 11 is 0. The Morgan fingerprint density at radius 1 is 1.60 bits per heavy atom. The molecule has 0 aromatic carbocycles. The zero-order chi connectivity index (χ0) is 7.03. The number of carbonyl (C=O) groups is 1. The first kappa shape index (κ1) is 5.70. The maximum atomic E-state index is 11.0. The first-order valence-electron chi connectivity index (χ1n) is 3.33. The highest BCUT2D eigenvalue weighted by molar-refractivity contribution is 5.90. The zero-order valence-electron chi connectivity index (χ0n) is 5.55. The summed E-state index contributed by atoms with van der Waals surface area (Å²) < 4.78 is 0. The van der Waals surface area contributed by atoms with Crippen LogP contribution in [0.4, 0.5) is 0 Å². The van der Waals surface area contributed by atoms with Gasteiger partial charge in [-0.2, -0.15) is 0 Å². The second-order valence-electron chi connectivity index (χ2n) is 2.81. The number of hydrogen-bond acceptors (Lipinski definition) is 3. The summed E-state index contributed by atoms with van der Waals surface area (Å²) in [4.78, 5) is 15.0. The molecule has 4 nitrogen and oxygen atoms in total. The summed E-state index contributed by atoms with van der Waals surface area (Å²) in [7, 11) is 0. The Morgan fingerprint density at radius 2 is 2.50 bits per heavy atom. The standard InChI is InChI=1S/C6H9N3O/c10-5-6(3-9-5)1-7-4-8-2-6/h4H,1-3H2,(H,7,8)(H,9,10). The summed E-state index contributed by atoms with van der Waals surface area (Å²) in [6, 6.07) is 0. The first-order valence-corrected chi connectivity index (χ1v) is 3.33. The largest absolute Gasteiger partial charge is 0.375 e. The summed E-state index contributed by atoms with van der Waals surface area (Å²) in [6.45, 7) is 2.16. The van der Waals surface area contributed by atoms with E-state index in [1.165, 1.54) is 0 Å². The van der Waals surface area contributed by atoms with E-state index in [2.05, 4.69) is 15.6 Å². The molecule has 2 aliphatic heterocycles. The van der Waals surface area contributed by atoms with Crippen LogP contribution in [0.1, 0.15) is 0 Å². The van der Waals surface area contributed by atoms with Gasteiger partial charge < -0.3 is 10.6 Å². The lowest BCUT2D eigenvalue weighted by Gasteiger charge is -2.40. The summed E-state index contributed by atoms with van der Waals surface area (Å²) in [5.74, 6) is 0.136. The van der Waals surface area contributed by atoms with Gasteiger partial charge >= 0.3 is 0 Å². The molecule has 2 N–H and O–H groups in total. The van der Waals surface area contributed by atoms with Crippen molar-refractivity contribution in [3.8, 4) is 0 Å². The van der Waals surface area contributed by atoms with Crippen LogP contribution in [-0.2, 0) is 4.79 Å². The molecule has 1 amide bonds. The second-order valence-corrected chi connectivity index (χ2v) is 2.81. The molecule has 54 valence electrons. The van der Waals surface area contributed by atoms with Gasteiger partial charge in [0.05, 0.1) is 12.9 Å². The molecule has 2 aliphatic rings. The van der Waals surface area contributed by atoms with Crippen molar-refractivity contribution in [3.63, 3.8) is 0 Å². The Hall–Kier alpha value is -1.06. The van der Waals surface area contributed by atoms with E-state index in [9.17, 15) is 4.79 Å². The maximum absolute atomic E-state index is 11.0. The minimum Gasteiger partial charge on any atom is -0.375 e. The van der Waals surface area contributed by atoms with Gasteiger partial charge in [-0.3, -0.25) is 9.79 Å². The molecular weight excluding hydrogens is 130 g/mol. The molecule has 0 aromatic rings. The fourth-order valence-electron chi connectivity index (χ4n) is 1.26. The molecular formula is C6H9N3O. The lowest BCUT2D eigenvalue weighted by Crippen LogP contribution is -2.65. The summed E-state index contributed by atoms with van der Waals surface area (Å²) in [5.41, 5.74) is -0.200. The van der Waals surface area contributed by atoms with Crippen LogP contribution in [0, 0.1) is 5.41 Å². The van der Waals surface area contributed by atoms with Crippen molar-refractivity contribution >= 4 is 12.2 Å². The van der Waals surface area contributed by atoms with Gasteiger partial charge in [0.15, 0.2) is 0 Å². The van der Waals surface area contributed by atoms with Crippen LogP contribution >= 0.6 is 0 Å². The molecule has 1 saturated heterocycles. The lowest BCUT2D eigenvalue weighted by atomic mass is 9.80. The minimum atomic E-state index is -0.200. The fraction of sp³-hybridized carbons (Fsp3) is 0.667. The van der Waals surface area contributed by atoms with E-state index in [0.29, 0.717) is 6.54 Å². The SMILES string of the molecule is O=C1NCC12CN=CNC2. The van der Waals surface area contributed by atoms with Crippen molar-refractivity contribution < 1.29 is 4.79 Å². The van der Waals surface area contributed by atoms with Crippen LogP contribution in [0.2, 0.25) is 0 Å². The Bertz CT molecular complexity index is 201. The summed E-state index contributed by atoms with van der Waals surface area (Å²) in [6.07, 6.45) is 1.66. The van der Waals surface area contributed by atoms with Crippen LogP contribution in [0.5, 0.6) is 0 Å². The Morgan fingerprint density at radius 3 is 2.80 bits per heavy atom. The van der Waals surface area contributed by atoms with Crippen molar-refractivity contribution in [2.24, 2.45) is 10.4 Å². The highest BCUT2D eigenvalue weighted by Gasteiger charge is 2.46. The van der Waals surface area contributed by atoms with E-state index in [4.69, 9.17) is 0 Å². The van der Waals surface area contributed by atoms with Gasteiger partial charge in [0.2, 0.25) is 5.91 Å². The first-order chi connectivity index (χ1) is 4.83. The smallest absolute Gasteiger partial charge is 0.231 e. The van der Waals surface area contributed by atoms with Crippen LogP contribution in [0.15, 0.2) is 4.99 Å². The third-order valence-corrected chi connectivity index (χ3v) is 2.09. The van der Waals surface area contributed by atoms with Gasteiger partial charge in [-0.25, -0.2) is 0 Å². The van der Waals surface area contributed by atoms with Gasteiger partial charge in [0, 0.05) is 13.1 Å². The van der Waals surface area contributed by atoms with E-state index in [1.807, 2.05) is 0 Å². The van der Waals surface area contributed by atoms with Crippen molar-refractivity contribution in [2.45, 2.75) is 0 Å². The fourth-order valence-corrected chi connectivity index (χ4v) is 1.26. The Balaban J connectivity index is 2.15. The van der Waals surface area contributed by atoms with Gasteiger partial charge in [-0.1, -0.05) is 0 Å². The van der Waals surface area contributed by atoms with Gasteiger partial charge in [0.1, 0.15) is 5.41 Å². The molecule has 2 rings (SSSR count). The predicted octanol–water partition coefficient (Wildman–Crippen LogP) is -1.27. The number of aliphatic imine (C=N–C) groups is 1. The average Bonchev–Trinajstić information content (AvgIpc) is 2.04. The van der Waals surface area contributed by atoms with Crippen LogP contribution in [0.25, 0.3) is 0 Å². The molecule has 0 radical (unpaired) electrons. The molecule has 1 spiro atoms. The highest BCUT2D eigenvalue weighted by atomic mass is 16.2. The molecule has 1 fully saturated rings. The molecule has 4 heteroatoms. The van der Waals surface area contributed by atoms with Crippen molar-refractivity contribution in [2.75, 3.05) is 19.6 Å².